The van der Waals surface area contributed by atoms with Crippen molar-refractivity contribution in [3.05, 3.63) is 93.8 Å². The normalized spacial score (nSPS) is 14.2. The van der Waals surface area contributed by atoms with E-state index >= 15 is 0 Å². The highest BCUT2D eigenvalue weighted by atomic mass is 35.5. The maximum absolute atomic E-state index is 14.9. The molecule has 0 fully saturated rings. The lowest BCUT2D eigenvalue weighted by molar-refractivity contribution is -0.112. The summed E-state index contributed by atoms with van der Waals surface area (Å²) >= 11 is 6.44. The van der Waals surface area contributed by atoms with Crippen LogP contribution in [-0.2, 0) is 11.2 Å². The number of hydrogen-bond donors (Lipinski definition) is 1. The van der Waals surface area contributed by atoms with Gasteiger partial charge in [-0.15, -0.1) is 0 Å². The van der Waals surface area contributed by atoms with Crippen molar-refractivity contribution in [2.24, 2.45) is 0 Å². The molecule has 0 bridgehead atoms. The molecule has 3 aromatic carbocycles. The number of halogens is 2. The topological polar surface area (TPSA) is 57.6 Å². The van der Waals surface area contributed by atoms with Crippen LogP contribution in [0.25, 0.3) is 11.6 Å². The van der Waals surface area contributed by atoms with Crippen LogP contribution in [0.15, 0.2) is 60.7 Å². The first-order valence-electron chi connectivity index (χ1n) is 9.88. The Labute approximate surface area is 184 Å². The van der Waals surface area contributed by atoms with Gasteiger partial charge >= 0.3 is 5.97 Å². The molecule has 1 aliphatic heterocycles. The highest BCUT2D eigenvalue weighted by Crippen LogP contribution is 2.44. The monoisotopic (exact) mass is 435 g/mol. The number of aryl methyl sites for hydroxylation is 1. The Morgan fingerprint density at radius 1 is 1.10 bits per heavy atom. The molecule has 156 valence electrons. The molecule has 1 amide bonds. The minimum absolute atomic E-state index is 0.103. The summed E-state index contributed by atoms with van der Waals surface area (Å²) in [5.74, 6) is -1.97. The molecular weight excluding hydrogens is 417 g/mol. The minimum atomic E-state index is -1.06. The lowest BCUT2D eigenvalue weighted by atomic mass is 9.98. The van der Waals surface area contributed by atoms with E-state index in [9.17, 15) is 14.0 Å². The molecule has 0 saturated heterocycles. The lowest BCUT2D eigenvalue weighted by Crippen LogP contribution is -2.20. The third kappa shape index (κ3) is 3.73. The Morgan fingerprint density at radius 2 is 1.81 bits per heavy atom. The van der Waals surface area contributed by atoms with E-state index in [1.807, 2.05) is 12.1 Å². The molecule has 0 saturated carbocycles. The number of carbonyl (C=O) groups is 2. The van der Waals surface area contributed by atoms with Crippen molar-refractivity contribution in [3.63, 3.8) is 0 Å². The van der Waals surface area contributed by atoms with Gasteiger partial charge in [-0.25, -0.2) is 9.18 Å². The smallest absolute Gasteiger partial charge is 0.335 e. The van der Waals surface area contributed by atoms with Gasteiger partial charge in [-0.2, -0.15) is 0 Å². The summed E-state index contributed by atoms with van der Waals surface area (Å²) in [5, 5.41) is 9.63. The van der Waals surface area contributed by atoms with Gasteiger partial charge in [0.05, 0.1) is 16.8 Å². The van der Waals surface area contributed by atoms with Crippen molar-refractivity contribution in [3.8, 4) is 0 Å². The van der Waals surface area contributed by atoms with Crippen molar-refractivity contribution in [2.75, 3.05) is 4.90 Å². The molecule has 1 aliphatic rings. The molecule has 31 heavy (non-hydrogen) atoms. The van der Waals surface area contributed by atoms with E-state index in [0.717, 1.165) is 18.4 Å². The summed E-state index contributed by atoms with van der Waals surface area (Å²) in [6.07, 6.45) is 3.33. The van der Waals surface area contributed by atoms with Gasteiger partial charge in [0.1, 0.15) is 5.82 Å². The molecule has 0 spiro atoms. The van der Waals surface area contributed by atoms with Crippen LogP contribution in [0.1, 0.15) is 40.4 Å². The van der Waals surface area contributed by atoms with Crippen LogP contribution in [0.5, 0.6) is 0 Å². The fraction of sp³-hybridized carbons (Fsp3) is 0.120. The third-order valence-corrected chi connectivity index (χ3v) is 5.59. The zero-order valence-electron chi connectivity index (χ0n) is 16.7. The molecule has 1 N–H and O–H groups in total. The highest BCUT2D eigenvalue weighted by molar-refractivity contribution is 6.39. The number of benzene rings is 3. The van der Waals surface area contributed by atoms with Crippen molar-refractivity contribution < 1.29 is 19.1 Å². The van der Waals surface area contributed by atoms with Crippen LogP contribution in [0, 0.1) is 5.82 Å². The Bertz CT molecular complexity index is 1220. The molecule has 4 nitrogen and oxygen atoms in total. The summed E-state index contributed by atoms with van der Waals surface area (Å²) < 4.78 is 14.9. The number of carbonyl (C=O) groups excluding carboxylic acids is 1. The zero-order valence-corrected chi connectivity index (χ0v) is 17.5. The van der Waals surface area contributed by atoms with Crippen LogP contribution in [0.4, 0.5) is 15.8 Å². The highest BCUT2D eigenvalue weighted by Gasteiger charge is 2.36. The number of nitrogens with zero attached hydrogens (tertiary/aromatic N) is 1. The number of fused-ring (bicyclic) bond motifs is 1. The first kappa shape index (κ1) is 20.8. The summed E-state index contributed by atoms with van der Waals surface area (Å²) in [6.45, 7) is 2.05. The van der Waals surface area contributed by atoms with E-state index < -0.39 is 17.7 Å². The molecule has 0 unspecified atom stereocenters. The molecule has 0 aliphatic carbocycles. The predicted molar refractivity (Wildman–Crippen MR) is 120 cm³/mol. The third-order valence-electron chi connectivity index (χ3n) is 5.26. The zero-order chi connectivity index (χ0) is 22.1. The Kier molecular flexibility index (Phi) is 5.61. The van der Waals surface area contributed by atoms with Crippen LogP contribution >= 0.6 is 11.6 Å². The summed E-state index contributed by atoms with van der Waals surface area (Å²) in [7, 11) is 0. The summed E-state index contributed by atoms with van der Waals surface area (Å²) in [4.78, 5) is 26.0. The second-order valence-electron chi connectivity index (χ2n) is 7.25. The summed E-state index contributed by atoms with van der Waals surface area (Å²) in [6, 6.07) is 16.0. The van der Waals surface area contributed by atoms with Crippen LogP contribution in [0.2, 0.25) is 5.02 Å². The first-order chi connectivity index (χ1) is 14.9. The van der Waals surface area contributed by atoms with Crippen LogP contribution in [0.3, 0.4) is 0 Å². The van der Waals surface area contributed by atoms with Gasteiger partial charge in [0.15, 0.2) is 0 Å². The molecular formula is C25H19ClFNO3. The van der Waals surface area contributed by atoms with Gasteiger partial charge in [0.2, 0.25) is 0 Å². The van der Waals surface area contributed by atoms with E-state index in [1.165, 1.54) is 35.2 Å². The quantitative estimate of drug-likeness (QED) is 0.475. The van der Waals surface area contributed by atoms with Crippen molar-refractivity contribution >= 4 is 46.5 Å². The van der Waals surface area contributed by atoms with Crippen molar-refractivity contribution in [2.45, 2.75) is 19.8 Å². The Morgan fingerprint density at radius 3 is 2.48 bits per heavy atom. The van der Waals surface area contributed by atoms with E-state index in [0.29, 0.717) is 22.0 Å². The second kappa shape index (κ2) is 8.36. The number of hydrogen-bond acceptors (Lipinski definition) is 2. The predicted octanol–water partition coefficient (Wildman–Crippen LogP) is 6.35. The van der Waals surface area contributed by atoms with Gasteiger partial charge in [0, 0.05) is 16.3 Å². The SMILES string of the molecule is CCCc1cccc(Cl)c1C=C1C(=O)N(c2ccc(C(=O)O)cc2)c2cccc(F)c21. The average molecular weight is 436 g/mol. The van der Waals surface area contributed by atoms with Crippen LogP contribution < -0.4 is 4.90 Å². The van der Waals surface area contributed by atoms with Gasteiger partial charge in [0.25, 0.3) is 5.91 Å². The maximum atomic E-state index is 14.9. The van der Waals surface area contributed by atoms with Gasteiger partial charge in [-0.1, -0.05) is 43.1 Å². The average Bonchev–Trinajstić information content (AvgIpc) is 3.03. The largest absolute Gasteiger partial charge is 0.478 e. The second-order valence-corrected chi connectivity index (χ2v) is 7.65. The van der Waals surface area contributed by atoms with E-state index in [4.69, 9.17) is 16.7 Å². The maximum Gasteiger partial charge on any atom is 0.335 e. The standard InChI is InChI=1S/C25H19ClFNO3/c1-2-5-15-6-3-7-20(26)18(15)14-19-23-21(27)8-4-9-22(23)28(24(19)29)17-12-10-16(11-13-17)25(30)31/h3-4,6-14H,2,5H2,1H3,(H,30,31). The number of aromatic carboxylic acids is 1. The van der Waals surface area contributed by atoms with Crippen molar-refractivity contribution in [1.82, 2.24) is 0 Å². The van der Waals surface area contributed by atoms with Gasteiger partial charge in [-0.05, 0) is 66.1 Å². The number of amides is 1. The number of rotatable bonds is 5. The Hall–Kier alpha value is -3.44. The van der Waals surface area contributed by atoms with Crippen molar-refractivity contribution in [1.29, 1.82) is 0 Å². The molecule has 0 aromatic heterocycles. The molecule has 0 atom stereocenters. The fourth-order valence-corrected chi connectivity index (χ4v) is 4.07. The molecule has 6 heteroatoms. The molecule has 1 heterocycles. The number of carboxylic acid groups (broad SMARTS) is 1. The number of anilines is 2. The Balaban J connectivity index is 1.88. The van der Waals surface area contributed by atoms with E-state index in [1.54, 1.807) is 24.3 Å². The first-order valence-corrected chi connectivity index (χ1v) is 10.3. The lowest BCUT2D eigenvalue weighted by Gasteiger charge is -2.17. The fourth-order valence-electron chi connectivity index (χ4n) is 3.82. The molecule has 3 aromatic rings. The van der Waals surface area contributed by atoms with Gasteiger partial charge < -0.3 is 5.11 Å². The molecule has 0 radical (unpaired) electrons. The van der Waals surface area contributed by atoms with Crippen LogP contribution in [-0.4, -0.2) is 17.0 Å². The number of carboxylic acids is 1. The summed E-state index contributed by atoms with van der Waals surface area (Å²) in [5.41, 5.74) is 3.06. The molecule has 4 rings (SSSR count). The minimum Gasteiger partial charge on any atom is -0.478 e. The van der Waals surface area contributed by atoms with E-state index in [2.05, 4.69) is 6.92 Å². The van der Waals surface area contributed by atoms with E-state index in [-0.39, 0.29) is 16.7 Å². The van der Waals surface area contributed by atoms with Gasteiger partial charge in [-0.3, -0.25) is 9.69 Å².